The summed E-state index contributed by atoms with van der Waals surface area (Å²) < 4.78 is 13.9. The molecule has 3 nitrogen and oxygen atoms in total. The van der Waals surface area contributed by atoms with Crippen molar-refractivity contribution in [1.29, 1.82) is 0 Å². The third-order valence-corrected chi connectivity index (χ3v) is 2.43. The fourth-order valence-corrected chi connectivity index (χ4v) is 1.36. The molecule has 0 heterocycles. The number of benzene rings is 1. The van der Waals surface area contributed by atoms with Gasteiger partial charge in [0.2, 0.25) is 0 Å². The van der Waals surface area contributed by atoms with Crippen LogP contribution in [-0.4, -0.2) is 11.1 Å². The summed E-state index contributed by atoms with van der Waals surface area (Å²) in [4.78, 5) is 10.8. The van der Waals surface area contributed by atoms with Crippen LogP contribution in [0.25, 0.3) is 0 Å². The molecule has 0 saturated heterocycles. The van der Waals surface area contributed by atoms with Crippen LogP contribution in [0.5, 0.6) is 0 Å². The fourth-order valence-electron chi connectivity index (χ4n) is 1.03. The Morgan fingerprint density at radius 1 is 1.64 bits per heavy atom. The van der Waals surface area contributed by atoms with Crippen LogP contribution in [0.1, 0.15) is 12.5 Å². The molecule has 0 aliphatic heterocycles. The van der Waals surface area contributed by atoms with Crippen LogP contribution in [-0.2, 0) is 10.3 Å². The molecule has 1 aromatic carbocycles. The lowest BCUT2D eigenvalue weighted by molar-refractivity contribution is -0.143. The fraction of sp³-hybridized carbons (Fsp3) is 0.222. The molecule has 1 aromatic rings. The first-order valence-electron chi connectivity index (χ1n) is 3.83. The smallest absolute Gasteiger partial charge is 0.328 e. The molecule has 76 valence electrons. The van der Waals surface area contributed by atoms with E-state index in [-0.39, 0.29) is 5.56 Å². The minimum absolute atomic E-state index is 0.0341. The van der Waals surface area contributed by atoms with E-state index in [1.54, 1.807) is 6.07 Å². The van der Waals surface area contributed by atoms with Gasteiger partial charge in [-0.15, -0.1) is 0 Å². The monoisotopic (exact) mass is 261 g/mol. The highest BCUT2D eigenvalue weighted by Gasteiger charge is 2.32. The summed E-state index contributed by atoms with van der Waals surface area (Å²) in [5.41, 5.74) is 3.74. The summed E-state index contributed by atoms with van der Waals surface area (Å²) in [6.07, 6.45) is 0. The second kappa shape index (κ2) is 3.67. The van der Waals surface area contributed by atoms with Gasteiger partial charge in [0.1, 0.15) is 11.4 Å². The summed E-state index contributed by atoms with van der Waals surface area (Å²) >= 11 is 3.07. The van der Waals surface area contributed by atoms with Crippen LogP contribution < -0.4 is 5.73 Å². The van der Waals surface area contributed by atoms with Crippen molar-refractivity contribution in [2.45, 2.75) is 12.5 Å². The van der Waals surface area contributed by atoms with E-state index in [9.17, 15) is 9.18 Å². The zero-order valence-corrected chi connectivity index (χ0v) is 9.01. The van der Waals surface area contributed by atoms with E-state index in [4.69, 9.17) is 10.8 Å². The number of rotatable bonds is 2. The van der Waals surface area contributed by atoms with E-state index in [2.05, 4.69) is 15.9 Å². The molecule has 14 heavy (non-hydrogen) atoms. The molecular formula is C9H9BrFNO2. The lowest BCUT2D eigenvalue weighted by Crippen LogP contribution is -2.42. The van der Waals surface area contributed by atoms with Crippen molar-refractivity contribution in [3.8, 4) is 0 Å². The first-order chi connectivity index (χ1) is 6.35. The molecule has 0 radical (unpaired) electrons. The Hall–Kier alpha value is -0.940. The third-order valence-electron chi connectivity index (χ3n) is 1.93. The Bertz CT molecular complexity index is 379. The quantitative estimate of drug-likeness (QED) is 0.854. The Morgan fingerprint density at radius 3 is 2.64 bits per heavy atom. The molecule has 0 fully saturated rings. The van der Waals surface area contributed by atoms with E-state index in [0.717, 1.165) is 0 Å². The molecule has 1 atom stereocenters. The molecule has 0 saturated carbocycles. The Morgan fingerprint density at radius 2 is 2.21 bits per heavy atom. The highest BCUT2D eigenvalue weighted by Crippen LogP contribution is 2.24. The Balaban J connectivity index is 3.26. The van der Waals surface area contributed by atoms with Gasteiger partial charge < -0.3 is 10.8 Å². The van der Waals surface area contributed by atoms with Crippen LogP contribution in [0.2, 0.25) is 0 Å². The van der Waals surface area contributed by atoms with E-state index < -0.39 is 17.3 Å². The second-order valence-electron chi connectivity index (χ2n) is 3.13. The van der Waals surface area contributed by atoms with Crippen LogP contribution in [0, 0.1) is 5.82 Å². The van der Waals surface area contributed by atoms with Gasteiger partial charge in [0, 0.05) is 10.0 Å². The highest BCUT2D eigenvalue weighted by atomic mass is 79.9. The minimum atomic E-state index is -1.70. The van der Waals surface area contributed by atoms with Crippen LogP contribution >= 0.6 is 15.9 Å². The standard InChI is InChI=1S/C9H9BrFNO2/c1-9(12,8(13)14)6-3-2-5(10)4-7(6)11/h2-4H,12H2,1H3,(H,13,14). The number of carboxylic acid groups (broad SMARTS) is 1. The summed E-state index contributed by atoms with van der Waals surface area (Å²) in [6.45, 7) is 1.25. The van der Waals surface area contributed by atoms with Gasteiger partial charge >= 0.3 is 5.97 Å². The van der Waals surface area contributed by atoms with E-state index >= 15 is 0 Å². The average molecular weight is 262 g/mol. The van der Waals surface area contributed by atoms with Gasteiger partial charge in [-0.3, -0.25) is 0 Å². The zero-order chi connectivity index (χ0) is 10.9. The Kier molecular flexibility index (Phi) is 2.92. The van der Waals surface area contributed by atoms with Crippen molar-refractivity contribution >= 4 is 21.9 Å². The minimum Gasteiger partial charge on any atom is -0.480 e. The van der Waals surface area contributed by atoms with E-state index in [0.29, 0.717) is 4.47 Å². The van der Waals surface area contributed by atoms with Gasteiger partial charge in [0.25, 0.3) is 0 Å². The van der Waals surface area contributed by atoms with Gasteiger partial charge in [-0.2, -0.15) is 0 Å². The average Bonchev–Trinajstić information content (AvgIpc) is 2.02. The number of carboxylic acids is 1. The topological polar surface area (TPSA) is 63.3 Å². The zero-order valence-electron chi connectivity index (χ0n) is 7.42. The lowest BCUT2D eigenvalue weighted by Gasteiger charge is -2.20. The molecule has 1 rings (SSSR count). The second-order valence-corrected chi connectivity index (χ2v) is 4.05. The van der Waals surface area contributed by atoms with Crippen LogP contribution in [0.15, 0.2) is 22.7 Å². The molecule has 5 heteroatoms. The Labute approximate surface area is 88.9 Å². The maximum atomic E-state index is 13.3. The van der Waals surface area contributed by atoms with Crippen molar-refractivity contribution in [3.63, 3.8) is 0 Å². The largest absolute Gasteiger partial charge is 0.480 e. The van der Waals surface area contributed by atoms with E-state index in [1.165, 1.54) is 19.1 Å². The van der Waals surface area contributed by atoms with Crippen molar-refractivity contribution in [2.75, 3.05) is 0 Å². The number of carbonyl (C=O) groups is 1. The normalized spacial score (nSPS) is 14.9. The molecule has 1 unspecified atom stereocenters. The molecule has 0 aliphatic rings. The molecular weight excluding hydrogens is 253 g/mol. The molecule has 0 spiro atoms. The van der Waals surface area contributed by atoms with Gasteiger partial charge in [0.15, 0.2) is 0 Å². The SMILES string of the molecule is CC(N)(C(=O)O)c1ccc(Br)cc1F. The van der Waals surface area contributed by atoms with E-state index in [1.807, 2.05) is 0 Å². The molecule has 3 N–H and O–H groups in total. The van der Waals surface area contributed by atoms with Gasteiger partial charge in [-0.05, 0) is 19.1 Å². The van der Waals surface area contributed by atoms with Crippen molar-refractivity contribution in [1.82, 2.24) is 0 Å². The first kappa shape index (κ1) is 11.1. The van der Waals surface area contributed by atoms with Gasteiger partial charge in [-0.1, -0.05) is 22.0 Å². The highest BCUT2D eigenvalue weighted by molar-refractivity contribution is 9.10. The number of aliphatic carboxylic acids is 1. The van der Waals surface area contributed by atoms with Gasteiger partial charge in [0.05, 0.1) is 0 Å². The van der Waals surface area contributed by atoms with Crippen LogP contribution in [0.4, 0.5) is 4.39 Å². The van der Waals surface area contributed by atoms with Crippen molar-refractivity contribution in [2.24, 2.45) is 5.73 Å². The van der Waals surface area contributed by atoms with Gasteiger partial charge in [-0.25, -0.2) is 9.18 Å². The molecule has 0 aromatic heterocycles. The summed E-state index contributed by atoms with van der Waals surface area (Å²) in [7, 11) is 0. The molecule has 0 amide bonds. The predicted molar refractivity (Wildman–Crippen MR) is 53.3 cm³/mol. The maximum absolute atomic E-state index is 13.3. The number of hydrogen-bond donors (Lipinski definition) is 2. The summed E-state index contributed by atoms with van der Waals surface area (Å²) in [5.74, 6) is -1.90. The summed E-state index contributed by atoms with van der Waals surface area (Å²) in [6, 6.07) is 4.09. The predicted octanol–water partition coefficient (Wildman–Crippen LogP) is 1.85. The summed E-state index contributed by atoms with van der Waals surface area (Å²) in [5, 5.41) is 8.79. The number of nitrogens with two attached hydrogens (primary N) is 1. The van der Waals surface area contributed by atoms with Crippen molar-refractivity contribution < 1.29 is 14.3 Å². The number of hydrogen-bond acceptors (Lipinski definition) is 2. The molecule has 0 aliphatic carbocycles. The number of halogens is 2. The lowest BCUT2D eigenvalue weighted by atomic mass is 9.93. The van der Waals surface area contributed by atoms with Crippen LogP contribution in [0.3, 0.4) is 0 Å². The van der Waals surface area contributed by atoms with Crippen molar-refractivity contribution in [3.05, 3.63) is 34.1 Å². The maximum Gasteiger partial charge on any atom is 0.328 e. The third kappa shape index (κ3) is 1.93. The molecule has 0 bridgehead atoms. The first-order valence-corrected chi connectivity index (χ1v) is 4.63.